The number of nitrogens with one attached hydrogen (secondary N) is 1. The van der Waals surface area contributed by atoms with Crippen LogP contribution in [-0.2, 0) is 19.4 Å². The molecular weight excluding hydrogens is 292 g/mol. The minimum atomic E-state index is 0.315. The summed E-state index contributed by atoms with van der Waals surface area (Å²) in [4.78, 5) is 4.53. The number of hydrogen-bond donors (Lipinski definition) is 1. The molecule has 0 saturated carbocycles. The van der Waals surface area contributed by atoms with Gasteiger partial charge in [0.2, 0.25) is 0 Å². The molecule has 20 heavy (non-hydrogen) atoms. The Morgan fingerprint density at radius 1 is 1.40 bits per heavy atom. The first kappa shape index (κ1) is 15.5. The Morgan fingerprint density at radius 3 is 2.70 bits per heavy atom. The van der Waals surface area contributed by atoms with Crippen molar-refractivity contribution < 1.29 is 0 Å². The lowest BCUT2D eigenvalue weighted by Crippen LogP contribution is -2.31. The van der Waals surface area contributed by atoms with E-state index in [9.17, 15) is 0 Å². The molecule has 0 aliphatic rings. The number of nitrogens with zero attached hydrogens (tertiary/aromatic N) is 3. The molecule has 110 valence electrons. The van der Waals surface area contributed by atoms with Crippen molar-refractivity contribution in [1.82, 2.24) is 20.1 Å². The molecule has 0 spiro atoms. The van der Waals surface area contributed by atoms with Gasteiger partial charge in [-0.25, -0.2) is 4.98 Å². The average Bonchev–Trinajstić information content (AvgIpc) is 2.95. The van der Waals surface area contributed by atoms with Gasteiger partial charge in [-0.3, -0.25) is 4.68 Å². The van der Waals surface area contributed by atoms with Crippen LogP contribution in [0.15, 0.2) is 5.38 Å². The number of aromatic nitrogens is 3. The molecular formula is C14H21ClN4S. The second-order valence-electron chi connectivity index (χ2n) is 4.91. The number of aryl methyl sites for hydroxylation is 3. The topological polar surface area (TPSA) is 42.7 Å². The number of hydrogen-bond acceptors (Lipinski definition) is 4. The van der Waals surface area contributed by atoms with E-state index in [-0.39, 0.29) is 0 Å². The highest BCUT2D eigenvalue weighted by molar-refractivity contribution is 7.09. The van der Waals surface area contributed by atoms with Crippen molar-refractivity contribution in [2.45, 2.75) is 46.2 Å². The normalized spacial score (nSPS) is 12.8. The van der Waals surface area contributed by atoms with Crippen molar-refractivity contribution >= 4 is 22.9 Å². The molecule has 1 unspecified atom stereocenters. The van der Waals surface area contributed by atoms with E-state index >= 15 is 0 Å². The SMILES string of the molecule is CCn1nc(C)c(Cl)c1CC(Cc1csc(C)n1)NC. The molecule has 0 aliphatic heterocycles. The highest BCUT2D eigenvalue weighted by Crippen LogP contribution is 2.22. The fraction of sp³-hybridized carbons (Fsp3) is 0.571. The van der Waals surface area contributed by atoms with Crippen LogP contribution in [0.3, 0.4) is 0 Å². The smallest absolute Gasteiger partial charge is 0.0897 e. The highest BCUT2D eigenvalue weighted by Gasteiger charge is 2.18. The predicted octanol–water partition coefficient (Wildman–Crippen LogP) is 3.00. The van der Waals surface area contributed by atoms with E-state index in [0.717, 1.165) is 46.5 Å². The standard InChI is InChI=1S/C14H21ClN4S/c1-5-19-13(14(15)9(2)18-19)7-11(16-4)6-12-8-20-10(3)17-12/h8,11,16H,5-7H2,1-4H3. The molecule has 2 aromatic rings. The predicted molar refractivity (Wildman–Crippen MR) is 84.8 cm³/mol. The highest BCUT2D eigenvalue weighted by atomic mass is 35.5. The van der Waals surface area contributed by atoms with Gasteiger partial charge in [-0.1, -0.05) is 11.6 Å². The van der Waals surface area contributed by atoms with E-state index in [0.29, 0.717) is 6.04 Å². The Kier molecular flexibility index (Phi) is 5.18. The van der Waals surface area contributed by atoms with Gasteiger partial charge in [-0.05, 0) is 27.8 Å². The van der Waals surface area contributed by atoms with Crippen LogP contribution < -0.4 is 5.32 Å². The minimum Gasteiger partial charge on any atom is -0.316 e. The number of likely N-dealkylation sites (N-methyl/N-ethyl adjacent to an activating group) is 1. The van der Waals surface area contributed by atoms with Crippen LogP contribution in [0.2, 0.25) is 5.02 Å². The largest absolute Gasteiger partial charge is 0.316 e. The summed E-state index contributed by atoms with van der Waals surface area (Å²) in [6, 6.07) is 0.315. The second-order valence-corrected chi connectivity index (χ2v) is 6.35. The Labute approximate surface area is 129 Å². The van der Waals surface area contributed by atoms with Crippen LogP contribution in [0.5, 0.6) is 0 Å². The maximum atomic E-state index is 6.38. The van der Waals surface area contributed by atoms with E-state index in [1.165, 1.54) is 0 Å². The first-order valence-corrected chi connectivity index (χ1v) is 8.11. The van der Waals surface area contributed by atoms with E-state index < -0.39 is 0 Å². The summed E-state index contributed by atoms with van der Waals surface area (Å²) >= 11 is 8.07. The summed E-state index contributed by atoms with van der Waals surface area (Å²) in [5, 5.41) is 11.9. The molecule has 0 amide bonds. The van der Waals surface area contributed by atoms with Crippen molar-refractivity contribution in [3.8, 4) is 0 Å². The number of rotatable bonds is 6. The lowest BCUT2D eigenvalue weighted by molar-refractivity contribution is 0.516. The van der Waals surface area contributed by atoms with E-state index in [1.54, 1.807) is 11.3 Å². The van der Waals surface area contributed by atoms with Crippen LogP contribution in [0.25, 0.3) is 0 Å². The third-order valence-electron chi connectivity index (χ3n) is 3.42. The van der Waals surface area contributed by atoms with Gasteiger partial charge in [-0.15, -0.1) is 11.3 Å². The first-order valence-electron chi connectivity index (χ1n) is 6.85. The Hall–Kier alpha value is -0.910. The molecule has 0 aromatic carbocycles. The fourth-order valence-electron chi connectivity index (χ4n) is 2.33. The van der Waals surface area contributed by atoms with Gasteiger partial charge in [0.05, 0.1) is 27.1 Å². The molecule has 4 nitrogen and oxygen atoms in total. The average molecular weight is 313 g/mol. The van der Waals surface area contributed by atoms with Gasteiger partial charge in [-0.2, -0.15) is 5.10 Å². The minimum absolute atomic E-state index is 0.315. The lowest BCUT2D eigenvalue weighted by atomic mass is 10.1. The fourth-order valence-corrected chi connectivity index (χ4v) is 3.17. The zero-order valence-corrected chi connectivity index (χ0v) is 14.0. The van der Waals surface area contributed by atoms with Crippen molar-refractivity contribution in [2.24, 2.45) is 0 Å². The zero-order chi connectivity index (χ0) is 14.7. The van der Waals surface area contributed by atoms with Crippen LogP contribution in [0.4, 0.5) is 0 Å². The molecule has 1 N–H and O–H groups in total. The molecule has 0 bridgehead atoms. The molecule has 2 heterocycles. The van der Waals surface area contributed by atoms with Crippen LogP contribution in [0, 0.1) is 13.8 Å². The third-order valence-corrected chi connectivity index (χ3v) is 4.74. The van der Waals surface area contributed by atoms with Gasteiger partial charge in [0.15, 0.2) is 0 Å². The summed E-state index contributed by atoms with van der Waals surface area (Å²) in [6.45, 7) is 6.92. The van der Waals surface area contributed by atoms with Gasteiger partial charge in [0.1, 0.15) is 0 Å². The maximum Gasteiger partial charge on any atom is 0.0897 e. The Balaban J connectivity index is 2.14. The number of halogens is 1. The monoisotopic (exact) mass is 312 g/mol. The summed E-state index contributed by atoms with van der Waals surface area (Å²) in [5.74, 6) is 0. The van der Waals surface area contributed by atoms with E-state index in [2.05, 4.69) is 27.7 Å². The first-order chi connectivity index (χ1) is 9.55. The summed E-state index contributed by atoms with van der Waals surface area (Å²) in [5.41, 5.74) is 3.16. The van der Waals surface area contributed by atoms with Crippen molar-refractivity contribution in [3.05, 3.63) is 32.5 Å². The maximum absolute atomic E-state index is 6.38. The zero-order valence-electron chi connectivity index (χ0n) is 12.4. The molecule has 2 aromatic heterocycles. The molecule has 2 rings (SSSR count). The van der Waals surface area contributed by atoms with Crippen LogP contribution in [-0.4, -0.2) is 27.9 Å². The van der Waals surface area contributed by atoms with Gasteiger partial charge in [0.25, 0.3) is 0 Å². The molecule has 0 aliphatic carbocycles. The second kappa shape index (κ2) is 6.70. The van der Waals surface area contributed by atoms with Crippen LogP contribution >= 0.6 is 22.9 Å². The van der Waals surface area contributed by atoms with Crippen LogP contribution in [0.1, 0.15) is 29.0 Å². The summed E-state index contributed by atoms with van der Waals surface area (Å²) in [7, 11) is 1.98. The molecule has 1 atom stereocenters. The lowest BCUT2D eigenvalue weighted by Gasteiger charge is -2.16. The molecule has 0 saturated heterocycles. The van der Waals surface area contributed by atoms with Crippen molar-refractivity contribution in [1.29, 1.82) is 0 Å². The van der Waals surface area contributed by atoms with Gasteiger partial charge >= 0.3 is 0 Å². The summed E-state index contributed by atoms with van der Waals surface area (Å²) in [6.07, 6.45) is 1.77. The van der Waals surface area contributed by atoms with Crippen molar-refractivity contribution in [2.75, 3.05) is 7.05 Å². The molecule has 0 fully saturated rings. The Bertz CT molecular complexity index is 576. The molecule has 6 heteroatoms. The molecule has 0 radical (unpaired) electrons. The third kappa shape index (κ3) is 3.40. The van der Waals surface area contributed by atoms with Gasteiger partial charge in [0, 0.05) is 30.8 Å². The Morgan fingerprint density at radius 2 is 2.15 bits per heavy atom. The van der Waals surface area contributed by atoms with Gasteiger partial charge < -0.3 is 5.32 Å². The summed E-state index contributed by atoms with van der Waals surface area (Å²) < 4.78 is 1.99. The van der Waals surface area contributed by atoms with E-state index in [1.807, 2.05) is 25.6 Å². The van der Waals surface area contributed by atoms with E-state index in [4.69, 9.17) is 11.6 Å². The van der Waals surface area contributed by atoms with Crippen molar-refractivity contribution in [3.63, 3.8) is 0 Å². The number of thiazole rings is 1. The quantitative estimate of drug-likeness (QED) is 0.891.